The Hall–Kier alpha value is -0.336. The summed E-state index contributed by atoms with van der Waals surface area (Å²) in [5.41, 5.74) is 1.76. The zero-order valence-electron chi connectivity index (χ0n) is 9.36. The van der Waals surface area contributed by atoms with Crippen molar-refractivity contribution in [2.24, 2.45) is 0 Å². The summed E-state index contributed by atoms with van der Waals surface area (Å²) in [6.07, 6.45) is 4.75. The van der Waals surface area contributed by atoms with E-state index in [1.54, 1.807) is 6.07 Å². The number of aromatic nitrogens is 2. The van der Waals surface area contributed by atoms with Gasteiger partial charge in [-0.3, -0.25) is 4.98 Å². The van der Waals surface area contributed by atoms with Crippen molar-refractivity contribution in [1.82, 2.24) is 9.97 Å². The minimum atomic E-state index is 0. The van der Waals surface area contributed by atoms with E-state index in [2.05, 4.69) is 16.2 Å². The Morgan fingerprint density at radius 3 is 2.53 bits per heavy atom. The third kappa shape index (κ3) is 4.81. The summed E-state index contributed by atoms with van der Waals surface area (Å²) in [7, 11) is 0. The summed E-state index contributed by atoms with van der Waals surface area (Å²) in [6.45, 7) is 5.95. The molecular weight excluding hydrogens is 261 g/mol. The summed E-state index contributed by atoms with van der Waals surface area (Å²) >= 11 is 0. The van der Waals surface area contributed by atoms with Gasteiger partial charge in [-0.15, -0.1) is 0 Å². The van der Waals surface area contributed by atoms with E-state index >= 15 is 0 Å². The SMILES string of the molecule is C[CH-]C.Cc1ccc2cc[c-]nc2n1.[Y]. The molecule has 0 aliphatic rings. The van der Waals surface area contributed by atoms with E-state index in [1.165, 1.54) is 0 Å². The molecule has 2 heterocycles. The Morgan fingerprint density at radius 2 is 1.87 bits per heavy atom. The van der Waals surface area contributed by atoms with Crippen molar-refractivity contribution in [3.63, 3.8) is 0 Å². The molecule has 0 fully saturated rings. The molecule has 0 bridgehead atoms. The number of pyridine rings is 2. The third-order valence-corrected chi connectivity index (χ3v) is 1.55. The Balaban J connectivity index is 0.000000443. The summed E-state index contributed by atoms with van der Waals surface area (Å²) in [4.78, 5) is 8.24. The number of hydrogen-bond donors (Lipinski definition) is 0. The quantitative estimate of drug-likeness (QED) is 0.691. The summed E-state index contributed by atoms with van der Waals surface area (Å²) in [6, 6.07) is 7.73. The first-order valence-corrected chi connectivity index (χ1v) is 4.62. The second kappa shape index (κ2) is 7.89. The minimum Gasteiger partial charge on any atom is -0.369 e. The fourth-order valence-electron chi connectivity index (χ4n) is 0.999. The maximum Gasteiger partial charge on any atom is 0.0453 e. The monoisotopic (exact) mass is 275 g/mol. The molecule has 0 amide bonds. The number of fused-ring (bicyclic) bond motifs is 1. The first-order chi connectivity index (χ1) is 6.77. The molecule has 1 radical (unpaired) electrons. The summed E-state index contributed by atoms with van der Waals surface area (Å²) in [5, 5.41) is 1.06. The molecule has 3 heteroatoms. The zero-order valence-corrected chi connectivity index (χ0v) is 12.2. The molecule has 0 saturated heterocycles. The molecule has 15 heavy (non-hydrogen) atoms. The largest absolute Gasteiger partial charge is 0.369 e. The van der Waals surface area contributed by atoms with Crippen molar-refractivity contribution in [2.75, 3.05) is 0 Å². The molecule has 0 spiro atoms. The standard InChI is InChI=1S/C9H7N2.C3H7.Y/c1-7-4-5-8-3-2-6-10-9(8)11-7;1-3-2;/h2-5H,1H3;3H,1-2H3;/q2*-1;. The van der Waals surface area contributed by atoms with Gasteiger partial charge in [-0.1, -0.05) is 17.6 Å². The van der Waals surface area contributed by atoms with Gasteiger partial charge in [-0.05, 0) is 13.0 Å². The van der Waals surface area contributed by atoms with Crippen LogP contribution in [0.1, 0.15) is 19.5 Å². The minimum absolute atomic E-state index is 0. The van der Waals surface area contributed by atoms with Crippen molar-refractivity contribution in [1.29, 1.82) is 0 Å². The van der Waals surface area contributed by atoms with Crippen molar-refractivity contribution >= 4 is 11.0 Å². The van der Waals surface area contributed by atoms with Gasteiger partial charge in [0.05, 0.1) is 0 Å². The van der Waals surface area contributed by atoms with Crippen LogP contribution < -0.4 is 0 Å². The molecule has 0 unspecified atom stereocenters. The molecule has 0 aliphatic carbocycles. The molecule has 0 atom stereocenters. The normalized spacial score (nSPS) is 8.73. The van der Waals surface area contributed by atoms with Gasteiger partial charge in [0.25, 0.3) is 0 Å². The number of aryl methyl sites for hydroxylation is 1. The maximum absolute atomic E-state index is 4.23. The van der Waals surface area contributed by atoms with Crippen LogP contribution in [0.4, 0.5) is 0 Å². The van der Waals surface area contributed by atoms with E-state index in [1.807, 2.05) is 45.4 Å². The van der Waals surface area contributed by atoms with Crippen molar-refractivity contribution in [3.8, 4) is 0 Å². The molecule has 0 N–H and O–H groups in total. The predicted octanol–water partition coefficient (Wildman–Crippen LogP) is 2.97. The van der Waals surface area contributed by atoms with E-state index < -0.39 is 0 Å². The molecule has 77 valence electrons. The molecule has 2 aromatic rings. The van der Waals surface area contributed by atoms with Crippen LogP contribution in [0.5, 0.6) is 0 Å². The van der Waals surface area contributed by atoms with Gasteiger partial charge in [0.1, 0.15) is 0 Å². The fraction of sp³-hybridized carbons (Fsp3) is 0.250. The smallest absolute Gasteiger partial charge is 0.0453 e. The zero-order chi connectivity index (χ0) is 10.4. The van der Waals surface area contributed by atoms with Gasteiger partial charge in [0.2, 0.25) is 0 Å². The Bertz CT molecular complexity index is 401. The number of rotatable bonds is 0. The van der Waals surface area contributed by atoms with E-state index in [0.29, 0.717) is 0 Å². The predicted molar refractivity (Wildman–Crippen MR) is 58.8 cm³/mol. The van der Waals surface area contributed by atoms with E-state index in [-0.39, 0.29) is 32.7 Å². The van der Waals surface area contributed by atoms with Gasteiger partial charge < -0.3 is 11.4 Å². The topological polar surface area (TPSA) is 25.8 Å². The van der Waals surface area contributed by atoms with Crippen LogP contribution in [-0.4, -0.2) is 9.97 Å². The molecule has 2 aromatic heterocycles. The van der Waals surface area contributed by atoms with Crippen LogP contribution in [0.2, 0.25) is 0 Å². The van der Waals surface area contributed by atoms with Gasteiger partial charge >= 0.3 is 0 Å². The molecule has 0 saturated carbocycles. The first-order valence-electron chi connectivity index (χ1n) is 4.62. The maximum atomic E-state index is 4.23. The van der Waals surface area contributed by atoms with Gasteiger partial charge in [0.15, 0.2) is 0 Å². The van der Waals surface area contributed by atoms with Crippen molar-refractivity contribution in [2.45, 2.75) is 20.8 Å². The Morgan fingerprint density at radius 1 is 1.20 bits per heavy atom. The summed E-state index contributed by atoms with van der Waals surface area (Å²) < 4.78 is 0. The third-order valence-electron chi connectivity index (χ3n) is 1.55. The molecular formula is C12H14N2Y-2. The molecule has 0 aromatic carbocycles. The van der Waals surface area contributed by atoms with Crippen LogP contribution in [0.3, 0.4) is 0 Å². The van der Waals surface area contributed by atoms with Crippen LogP contribution in [-0.2, 0) is 32.7 Å². The Kier molecular flexibility index (Phi) is 7.71. The average molecular weight is 275 g/mol. The summed E-state index contributed by atoms with van der Waals surface area (Å²) in [5.74, 6) is 0. The molecule has 2 nitrogen and oxygen atoms in total. The van der Waals surface area contributed by atoms with Crippen LogP contribution >= 0.6 is 0 Å². The van der Waals surface area contributed by atoms with Crippen molar-refractivity contribution < 1.29 is 32.7 Å². The second-order valence-electron chi connectivity index (χ2n) is 3.02. The van der Waals surface area contributed by atoms with Gasteiger partial charge in [-0.25, -0.2) is 0 Å². The van der Waals surface area contributed by atoms with Crippen LogP contribution in [0, 0.1) is 19.5 Å². The fourth-order valence-corrected chi connectivity index (χ4v) is 0.999. The van der Waals surface area contributed by atoms with Crippen LogP contribution in [0.15, 0.2) is 24.3 Å². The van der Waals surface area contributed by atoms with E-state index in [4.69, 9.17) is 0 Å². The van der Waals surface area contributed by atoms with Gasteiger partial charge in [-0.2, -0.15) is 26.0 Å². The number of nitrogens with zero attached hydrogens (tertiary/aromatic N) is 2. The average Bonchev–Trinajstić information content (AvgIpc) is 2.19. The second-order valence-corrected chi connectivity index (χ2v) is 3.02. The van der Waals surface area contributed by atoms with E-state index in [9.17, 15) is 0 Å². The Labute approximate surface area is 116 Å². The molecule has 2 rings (SSSR count). The number of hydrogen-bond acceptors (Lipinski definition) is 2. The van der Waals surface area contributed by atoms with Gasteiger partial charge in [0, 0.05) is 44.1 Å². The first kappa shape index (κ1) is 14.7. The van der Waals surface area contributed by atoms with Crippen LogP contribution in [0.25, 0.3) is 11.0 Å². The molecule has 0 aliphatic heterocycles. The van der Waals surface area contributed by atoms with Crippen molar-refractivity contribution in [3.05, 3.63) is 42.6 Å². The van der Waals surface area contributed by atoms with E-state index in [0.717, 1.165) is 16.7 Å².